The van der Waals surface area contributed by atoms with Gasteiger partial charge < -0.3 is 5.11 Å². The third-order valence-corrected chi connectivity index (χ3v) is 6.29. The molecule has 1 N–H and O–H groups in total. The maximum atomic E-state index is 10.3. The zero-order valence-electron chi connectivity index (χ0n) is 15.5. The van der Waals surface area contributed by atoms with Crippen LogP contribution in [0.1, 0.15) is 92.9 Å². The second kappa shape index (κ2) is 8.56. The lowest BCUT2D eigenvalue weighted by Crippen LogP contribution is -2.41. The van der Waals surface area contributed by atoms with Crippen molar-refractivity contribution in [2.75, 3.05) is 0 Å². The molecule has 2 aliphatic carbocycles. The van der Waals surface area contributed by atoms with Crippen LogP contribution in [-0.2, 0) is 0 Å². The number of hydrogen-bond donors (Lipinski definition) is 1. The van der Waals surface area contributed by atoms with Crippen molar-refractivity contribution in [2.24, 2.45) is 29.1 Å². The Kier molecular flexibility index (Phi) is 7.74. The zero-order chi connectivity index (χ0) is 16.0. The summed E-state index contributed by atoms with van der Waals surface area (Å²) < 4.78 is 0. The van der Waals surface area contributed by atoms with Crippen molar-refractivity contribution >= 4 is 0 Å². The number of aliphatic hydroxyl groups is 1. The lowest BCUT2D eigenvalue weighted by molar-refractivity contribution is -0.0278. The molecule has 2 saturated carbocycles. The van der Waals surface area contributed by atoms with Crippen LogP contribution in [0.5, 0.6) is 0 Å². The molecular formula is C20H40O. The van der Waals surface area contributed by atoms with E-state index in [0.717, 1.165) is 24.2 Å². The van der Waals surface area contributed by atoms with Crippen molar-refractivity contribution < 1.29 is 5.11 Å². The maximum Gasteiger partial charge on any atom is 0.0573 e. The Morgan fingerprint density at radius 2 is 1.71 bits per heavy atom. The van der Waals surface area contributed by atoms with E-state index in [1.807, 2.05) is 13.8 Å². The topological polar surface area (TPSA) is 20.2 Å². The first-order valence-corrected chi connectivity index (χ1v) is 9.63. The van der Waals surface area contributed by atoms with Crippen LogP contribution in [0.4, 0.5) is 0 Å². The summed E-state index contributed by atoms with van der Waals surface area (Å²) in [6.45, 7) is 13.6. The van der Waals surface area contributed by atoms with Crippen molar-refractivity contribution in [1.82, 2.24) is 0 Å². The summed E-state index contributed by atoms with van der Waals surface area (Å²) in [6.07, 6.45) is 10.4. The molecule has 0 radical (unpaired) electrons. The molecule has 0 saturated heterocycles. The van der Waals surface area contributed by atoms with E-state index in [9.17, 15) is 5.11 Å². The summed E-state index contributed by atoms with van der Waals surface area (Å²) in [5.74, 6) is 3.15. The van der Waals surface area contributed by atoms with Crippen molar-refractivity contribution in [1.29, 1.82) is 0 Å². The van der Waals surface area contributed by atoms with Gasteiger partial charge in [0.05, 0.1) is 6.10 Å². The van der Waals surface area contributed by atoms with E-state index in [4.69, 9.17) is 0 Å². The van der Waals surface area contributed by atoms with Gasteiger partial charge in [-0.25, -0.2) is 0 Å². The van der Waals surface area contributed by atoms with Gasteiger partial charge in [-0.2, -0.15) is 0 Å². The van der Waals surface area contributed by atoms with Crippen LogP contribution in [0.3, 0.4) is 0 Å². The van der Waals surface area contributed by atoms with Crippen LogP contribution in [0, 0.1) is 29.1 Å². The highest BCUT2D eigenvalue weighted by atomic mass is 16.3. The summed E-state index contributed by atoms with van der Waals surface area (Å²) in [6, 6.07) is 0. The molecule has 0 aromatic carbocycles. The van der Waals surface area contributed by atoms with Gasteiger partial charge in [0.25, 0.3) is 0 Å². The number of aliphatic hydroxyl groups excluding tert-OH is 1. The maximum absolute atomic E-state index is 10.3. The molecule has 3 unspecified atom stereocenters. The predicted molar refractivity (Wildman–Crippen MR) is 93.4 cm³/mol. The summed E-state index contributed by atoms with van der Waals surface area (Å²) in [7, 11) is 0. The Bertz CT molecular complexity index is 286. The Morgan fingerprint density at radius 3 is 2.33 bits per heavy atom. The Morgan fingerprint density at radius 1 is 1.05 bits per heavy atom. The lowest BCUT2D eigenvalue weighted by Gasteiger charge is -2.45. The first-order valence-electron chi connectivity index (χ1n) is 9.63. The van der Waals surface area contributed by atoms with Gasteiger partial charge in [-0.1, -0.05) is 67.2 Å². The first-order chi connectivity index (χ1) is 9.95. The predicted octanol–water partition coefficient (Wildman–Crippen LogP) is 6.05. The molecule has 0 aliphatic heterocycles. The van der Waals surface area contributed by atoms with Crippen molar-refractivity contribution in [3.63, 3.8) is 0 Å². The van der Waals surface area contributed by atoms with E-state index in [1.54, 1.807) is 0 Å². The molecule has 0 aromatic rings. The smallest absolute Gasteiger partial charge is 0.0573 e. The minimum absolute atomic E-state index is 0.00776. The van der Waals surface area contributed by atoms with Crippen molar-refractivity contribution in [2.45, 2.75) is 99.0 Å². The summed E-state index contributed by atoms with van der Waals surface area (Å²) >= 11 is 0. The van der Waals surface area contributed by atoms with Crippen LogP contribution in [0.2, 0.25) is 0 Å². The molecule has 1 heteroatoms. The minimum atomic E-state index is -0.00776. The average Bonchev–Trinajstić information content (AvgIpc) is 2.79. The van der Waals surface area contributed by atoms with Crippen LogP contribution in [-0.4, -0.2) is 11.2 Å². The standard InChI is InChI=1S/C18H34O.C2H6/c1-13(2)7-5-8-14(3)15-10-11-16-17(19)9-6-12-18(15,16)4;1-2/h13-17,19H,5-12H2,1-4H3;1-2H3/t14?,15?,16?,17-,18+;/m0./s1. The van der Waals surface area contributed by atoms with Crippen LogP contribution in [0.15, 0.2) is 0 Å². The van der Waals surface area contributed by atoms with Gasteiger partial charge in [0.15, 0.2) is 0 Å². The van der Waals surface area contributed by atoms with Gasteiger partial charge in [-0.15, -0.1) is 0 Å². The van der Waals surface area contributed by atoms with Gasteiger partial charge in [0.1, 0.15) is 0 Å². The summed E-state index contributed by atoms with van der Waals surface area (Å²) in [5.41, 5.74) is 0.439. The van der Waals surface area contributed by atoms with E-state index in [-0.39, 0.29) is 6.10 Å². The molecule has 0 heterocycles. The van der Waals surface area contributed by atoms with Gasteiger partial charge >= 0.3 is 0 Å². The largest absolute Gasteiger partial charge is 0.393 e. The number of hydrogen-bond acceptors (Lipinski definition) is 1. The Hall–Kier alpha value is -0.0400. The third-order valence-electron chi connectivity index (χ3n) is 6.29. The highest BCUT2D eigenvalue weighted by molar-refractivity contribution is 5.01. The quantitative estimate of drug-likeness (QED) is 0.654. The monoisotopic (exact) mass is 296 g/mol. The molecule has 5 atom stereocenters. The van der Waals surface area contributed by atoms with Gasteiger partial charge in [0.2, 0.25) is 0 Å². The number of rotatable bonds is 5. The van der Waals surface area contributed by atoms with E-state index < -0.39 is 0 Å². The molecule has 126 valence electrons. The molecular weight excluding hydrogens is 256 g/mol. The fourth-order valence-electron chi connectivity index (χ4n) is 5.17. The summed E-state index contributed by atoms with van der Waals surface area (Å²) in [5, 5.41) is 10.3. The van der Waals surface area contributed by atoms with E-state index in [0.29, 0.717) is 11.3 Å². The lowest BCUT2D eigenvalue weighted by atomic mass is 9.61. The van der Waals surface area contributed by atoms with Crippen LogP contribution >= 0.6 is 0 Å². The number of fused-ring (bicyclic) bond motifs is 1. The first kappa shape index (κ1) is 19.0. The minimum Gasteiger partial charge on any atom is -0.393 e. The van der Waals surface area contributed by atoms with E-state index >= 15 is 0 Å². The highest BCUT2D eigenvalue weighted by Crippen LogP contribution is 2.58. The van der Waals surface area contributed by atoms with Crippen LogP contribution in [0.25, 0.3) is 0 Å². The highest BCUT2D eigenvalue weighted by Gasteiger charge is 2.51. The fourth-order valence-corrected chi connectivity index (χ4v) is 5.17. The Labute approximate surface area is 133 Å². The summed E-state index contributed by atoms with van der Waals surface area (Å²) in [4.78, 5) is 0. The average molecular weight is 297 g/mol. The van der Waals surface area contributed by atoms with E-state index in [2.05, 4.69) is 27.7 Å². The van der Waals surface area contributed by atoms with Gasteiger partial charge in [0, 0.05) is 0 Å². The molecule has 1 nitrogen and oxygen atoms in total. The third kappa shape index (κ3) is 4.47. The molecule has 0 aromatic heterocycles. The zero-order valence-corrected chi connectivity index (χ0v) is 15.5. The normalized spacial score (nSPS) is 36.9. The molecule has 0 spiro atoms. The van der Waals surface area contributed by atoms with E-state index in [1.165, 1.54) is 44.9 Å². The van der Waals surface area contributed by atoms with Gasteiger partial charge in [-0.05, 0) is 54.8 Å². The van der Waals surface area contributed by atoms with Gasteiger partial charge in [-0.3, -0.25) is 0 Å². The SMILES string of the molecule is CC.CC(C)CCCC(C)C1CCC2[C@@H](O)CCC[C@]12C. The van der Waals surface area contributed by atoms with Crippen molar-refractivity contribution in [3.05, 3.63) is 0 Å². The second-order valence-electron chi connectivity index (χ2n) is 8.06. The molecule has 0 amide bonds. The molecule has 2 fully saturated rings. The van der Waals surface area contributed by atoms with Crippen molar-refractivity contribution in [3.8, 4) is 0 Å². The molecule has 2 rings (SSSR count). The Balaban J connectivity index is 0.00000106. The second-order valence-corrected chi connectivity index (χ2v) is 8.06. The fraction of sp³-hybridized carbons (Fsp3) is 1.00. The molecule has 0 bridgehead atoms. The molecule has 2 aliphatic rings. The van der Waals surface area contributed by atoms with Crippen LogP contribution < -0.4 is 0 Å². The molecule has 21 heavy (non-hydrogen) atoms.